The van der Waals surface area contributed by atoms with E-state index < -0.39 is 0 Å². The zero-order valence-electron chi connectivity index (χ0n) is 7.55. The van der Waals surface area contributed by atoms with E-state index in [1.54, 1.807) is 0 Å². The minimum Gasteiger partial charge on any atom is -0.338 e. The van der Waals surface area contributed by atoms with E-state index in [1.807, 2.05) is 11.8 Å². The van der Waals surface area contributed by atoms with Gasteiger partial charge in [-0.15, -0.1) is 0 Å². The van der Waals surface area contributed by atoms with Gasteiger partial charge in [0.1, 0.15) is 0 Å². The Kier molecular flexibility index (Phi) is 2.87. The molecule has 68 valence electrons. The predicted molar refractivity (Wildman–Crippen MR) is 48.6 cm³/mol. The normalized spacial score (nSPS) is 23.3. The lowest BCUT2D eigenvalue weighted by molar-refractivity contribution is -0.127. The number of hydrogen-bond donors (Lipinski definition) is 1. The highest BCUT2D eigenvalue weighted by atomic mass is 16.2. The number of amides is 1. The SMILES string of the molecule is C=C(C)CN1CC(CN)CC1=O. The van der Waals surface area contributed by atoms with Crippen molar-refractivity contribution in [1.82, 2.24) is 4.90 Å². The topological polar surface area (TPSA) is 46.3 Å². The van der Waals surface area contributed by atoms with Crippen molar-refractivity contribution in [2.24, 2.45) is 11.7 Å². The van der Waals surface area contributed by atoms with Gasteiger partial charge in [-0.1, -0.05) is 12.2 Å². The summed E-state index contributed by atoms with van der Waals surface area (Å²) in [6.45, 7) is 7.82. The average Bonchev–Trinajstić information content (AvgIpc) is 2.31. The van der Waals surface area contributed by atoms with Crippen LogP contribution in [0.1, 0.15) is 13.3 Å². The van der Waals surface area contributed by atoms with Gasteiger partial charge in [0.2, 0.25) is 5.91 Å². The average molecular weight is 168 g/mol. The molecule has 2 N–H and O–H groups in total. The molecule has 1 saturated heterocycles. The van der Waals surface area contributed by atoms with Crippen molar-refractivity contribution in [3.05, 3.63) is 12.2 Å². The summed E-state index contributed by atoms with van der Waals surface area (Å²) in [5.74, 6) is 0.574. The van der Waals surface area contributed by atoms with E-state index in [1.165, 1.54) is 0 Å². The van der Waals surface area contributed by atoms with Crippen molar-refractivity contribution < 1.29 is 4.79 Å². The van der Waals surface area contributed by atoms with Crippen LogP contribution in [0.15, 0.2) is 12.2 Å². The van der Waals surface area contributed by atoms with Gasteiger partial charge in [-0.2, -0.15) is 0 Å². The van der Waals surface area contributed by atoms with E-state index in [4.69, 9.17) is 5.73 Å². The van der Waals surface area contributed by atoms with Gasteiger partial charge >= 0.3 is 0 Å². The first-order chi connectivity index (χ1) is 5.63. The second-order valence-corrected chi connectivity index (χ2v) is 3.54. The number of carbonyl (C=O) groups excluding carboxylic acids is 1. The maximum absolute atomic E-state index is 11.3. The molecule has 3 heteroatoms. The maximum atomic E-state index is 11.3. The molecule has 1 unspecified atom stereocenters. The largest absolute Gasteiger partial charge is 0.338 e. The number of hydrogen-bond acceptors (Lipinski definition) is 2. The first kappa shape index (κ1) is 9.26. The van der Waals surface area contributed by atoms with Crippen molar-refractivity contribution in [3.8, 4) is 0 Å². The van der Waals surface area contributed by atoms with Crippen molar-refractivity contribution in [2.45, 2.75) is 13.3 Å². The molecule has 1 fully saturated rings. The van der Waals surface area contributed by atoms with Crippen LogP contribution >= 0.6 is 0 Å². The highest BCUT2D eigenvalue weighted by Gasteiger charge is 2.27. The molecule has 1 heterocycles. The van der Waals surface area contributed by atoms with Gasteiger partial charge in [-0.3, -0.25) is 4.79 Å². The third-order valence-electron chi connectivity index (χ3n) is 2.09. The number of carbonyl (C=O) groups is 1. The Hall–Kier alpha value is -0.830. The molecular weight excluding hydrogens is 152 g/mol. The fraction of sp³-hybridized carbons (Fsp3) is 0.667. The fourth-order valence-corrected chi connectivity index (χ4v) is 1.49. The Morgan fingerprint density at radius 1 is 1.83 bits per heavy atom. The zero-order chi connectivity index (χ0) is 9.14. The lowest BCUT2D eigenvalue weighted by atomic mass is 10.1. The standard InChI is InChI=1S/C9H16N2O/c1-7(2)5-11-6-8(4-10)3-9(11)12/h8H,1,3-6,10H2,2H3. The summed E-state index contributed by atoms with van der Waals surface area (Å²) >= 11 is 0. The Morgan fingerprint density at radius 2 is 2.50 bits per heavy atom. The summed E-state index contributed by atoms with van der Waals surface area (Å²) in [6.07, 6.45) is 0.615. The van der Waals surface area contributed by atoms with Crippen molar-refractivity contribution in [1.29, 1.82) is 0 Å². The Bertz CT molecular complexity index is 201. The number of likely N-dealkylation sites (tertiary alicyclic amines) is 1. The molecule has 1 amide bonds. The first-order valence-corrected chi connectivity index (χ1v) is 4.25. The molecule has 0 aliphatic carbocycles. The molecule has 0 aromatic rings. The Balaban J connectivity index is 2.46. The predicted octanol–water partition coefficient (Wildman–Crippen LogP) is 0.370. The van der Waals surface area contributed by atoms with Gasteiger partial charge in [0, 0.05) is 19.5 Å². The van der Waals surface area contributed by atoms with Crippen LogP contribution in [0.3, 0.4) is 0 Å². The number of nitrogens with zero attached hydrogens (tertiary/aromatic N) is 1. The Morgan fingerprint density at radius 3 is 2.92 bits per heavy atom. The summed E-state index contributed by atoms with van der Waals surface area (Å²) in [6, 6.07) is 0. The van der Waals surface area contributed by atoms with E-state index >= 15 is 0 Å². The molecule has 1 atom stereocenters. The monoisotopic (exact) mass is 168 g/mol. The summed E-state index contributed by atoms with van der Waals surface area (Å²) in [7, 11) is 0. The third kappa shape index (κ3) is 2.08. The fourth-order valence-electron chi connectivity index (χ4n) is 1.49. The third-order valence-corrected chi connectivity index (χ3v) is 2.09. The molecule has 0 aromatic carbocycles. The van der Waals surface area contributed by atoms with Crippen LogP contribution in [0.4, 0.5) is 0 Å². The van der Waals surface area contributed by atoms with Crippen LogP contribution in [0.2, 0.25) is 0 Å². The van der Waals surface area contributed by atoms with Crippen LogP contribution < -0.4 is 5.73 Å². The maximum Gasteiger partial charge on any atom is 0.223 e. The minimum atomic E-state index is 0.216. The summed E-state index contributed by atoms with van der Waals surface area (Å²) in [5.41, 5.74) is 6.52. The Labute approximate surface area is 73.2 Å². The molecule has 3 nitrogen and oxygen atoms in total. The van der Waals surface area contributed by atoms with Crippen molar-refractivity contribution >= 4 is 5.91 Å². The van der Waals surface area contributed by atoms with Crippen LogP contribution in [0.5, 0.6) is 0 Å². The summed E-state index contributed by atoms with van der Waals surface area (Å²) in [4.78, 5) is 13.1. The van der Waals surface area contributed by atoms with E-state index in [2.05, 4.69) is 6.58 Å². The lowest BCUT2D eigenvalue weighted by Gasteiger charge is -2.15. The van der Waals surface area contributed by atoms with Gasteiger partial charge in [0.05, 0.1) is 0 Å². The number of rotatable bonds is 3. The van der Waals surface area contributed by atoms with E-state index in [9.17, 15) is 4.79 Å². The highest BCUT2D eigenvalue weighted by molar-refractivity contribution is 5.78. The van der Waals surface area contributed by atoms with E-state index in [-0.39, 0.29) is 5.91 Å². The van der Waals surface area contributed by atoms with Gasteiger partial charge < -0.3 is 10.6 Å². The second-order valence-electron chi connectivity index (χ2n) is 3.54. The van der Waals surface area contributed by atoms with Crippen LogP contribution in [-0.2, 0) is 4.79 Å². The lowest BCUT2D eigenvalue weighted by Crippen LogP contribution is -2.27. The molecule has 0 saturated carbocycles. The summed E-state index contributed by atoms with van der Waals surface area (Å²) in [5, 5.41) is 0. The van der Waals surface area contributed by atoms with E-state index in [0.29, 0.717) is 25.4 Å². The molecule has 0 radical (unpaired) electrons. The van der Waals surface area contributed by atoms with Crippen molar-refractivity contribution in [3.63, 3.8) is 0 Å². The molecule has 1 aliphatic heterocycles. The van der Waals surface area contributed by atoms with Gasteiger partial charge in [-0.25, -0.2) is 0 Å². The van der Waals surface area contributed by atoms with Crippen LogP contribution in [0, 0.1) is 5.92 Å². The molecule has 1 aliphatic rings. The molecule has 0 bridgehead atoms. The summed E-state index contributed by atoms with van der Waals surface area (Å²) < 4.78 is 0. The zero-order valence-corrected chi connectivity index (χ0v) is 7.55. The van der Waals surface area contributed by atoms with Crippen LogP contribution in [0.25, 0.3) is 0 Å². The smallest absolute Gasteiger partial charge is 0.223 e. The quantitative estimate of drug-likeness (QED) is 0.619. The molecule has 12 heavy (non-hydrogen) atoms. The number of nitrogens with two attached hydrogens (primary N) is 1. The minimum absolute atomic E-state index is 0.216. The highest BCUT2D eigenvalue weighted by Crippen LogP contribution is 2.16. The van der Waals surface area contributed by atoms with Crippen molar-refractivity contribution in [2.75, 3.05) is 19.6 Å². The molecule has 0 spiro atoms. The van der Waals surface area contributed by atoms with E-state index in [0.717, 1.165) is 12.1 Å². The molecule has 0 aromatic heterocycles. The first-order valence-electron chi connectivity index (χ1n) is 4.25. The van der Waals surface area contributed by atoms with Gasteiger partial charge in [0.15, 0.2) is 0 Å². The van der Waals surface area contributed by atoms with Gasteiger partial charge in [-0.05, 0) is 19.4 Å². The van der Waals surface area contributed by atoms with Crippen LogP contribution in [-0.4, -0.2) is 30.4 Å². The molecular formula is C9H16N2O. The van der Waals surface area contributed by atoms with Gasteiger partial charge in [0.25, 0.3) is 0 Å². The molecule has 1 rings (SSSR count). The second kappa shape index (κ2) is 3.72.